The second-order valence-corrected chi connectivity index (χ2v) is 5.32. The fraction of sp³-hybridized carbons (Fsp3) is 0.214. The lowest BCUT2D eigenvalue weighted by molar-refractivity contribution is -0.384. The van der Waals surface area contributed by atoms with Crippen molar-refractivity contribution in [1.82, 2.24) is 5.32 Å². The molecule has 1 aromatic heterocycles. The summed E-state index contributed by atoms with van der Waals surface area (Å²) in [5.41, 5.74) is 1.58. The molecule has 7 heteroatoms. The highest BCUT2D eigenvalue weighted by Gasteiger charge is 2.15. The molecule has 1 aromatic carbocycles. The maximum absolute atomic E-state index is 12.0. The molecule has 0 aliphatic heterocycles. The molecule has 6 nitrogen and oxygen atoms in total. The zero-order valence-corrected chi connectivity index (χ0v) is 12.1. The third-order valence-electron chi connectivity index (χ3n) is 3.05. The van der Waals surface area contributed by atoms with Crippen LogP contribution >= 0.6 is 11.3 Å². The minimum atomic E-state index is -0.765. The number of rotatable bonds is 5. The number of nitro groups is 1. The fourth-order valence-electron chi connectivity index (χ4n) is 1.88. The fourth-order valence-corrected chi connectivity index (χ4v) is 2.59. The Kier molecular flexibility index (Phi) is 4.66. The second kappa shape index (κ2) is 6.47. The lowest BCUT2D eigenvalue weighted by Gasteiger charge is -2.11. The van der Waals surface area contributed by atoms with Gasteiger partial charge in [0.25, 0.3) is 11.6 Å². The summed E-state index contributed by atoms with van der Waals surface area (Å²) in [6.45, 7) is 1.73. The molecule has 2 aromatic rings. The van der Waals surface area contributed by atoms with Crippen LogP contribution in [0.25, 0.3) is 0 Å². The number of aliphatic hydroxyl groups excluding tert-OH is 1. The lowest BCUT2D eigenvalue weighted by atomic mass is 10.1. The van der Waals surface area contributed by atoms with Crippen molar-refractivity contribution in [3.8, 4) is 0 Å². The Labute approximate surface area is 125 Å². The molecule has 0 radical (unpaired) electrons. The first-order chi connectivity index (χ1) is 9.99. The Morgan fingerprint density at radius 2 is 2.24 bits per heavy atom. The molecule has 0 saturated carbocycles. The van der Waals surface area contributed by atoms with Gasteiger partial charge in [0.1, 0.15) is 0 Å². The largest absolute Gasteiger partial charge is 0.387 e. The second-order valence-electron chi connectivity index (χ2n) is 4.54. The average Bonchev–Trinajstić information content (AvgIpc) is 2.98. The van der Waals surface area contributed by atoms with Gasteiger partial charge >= 0.3 is 0 Å². The van der Waals surface area contributed by atoms with Crippen LogP contribution in [0, 0.1) is 17.0 Å². The van der Waals surface area contributed by atoms with Gasteiger partial charge in [0.05, 0.1) is 11.0 Å². The standard InChI is InChI=1S/C14H14N2O4S/c1-9-6-11(16(19)20)2-3-12(9)14(18)15-7-13(17)10-4-5-21-8-10/h2-6,8,13,17H,7H2,1H3,(H,15,18). The Morgan fingerprint density at radius 3 is 2.81 bits per heavy atom. The topological polar surface area (TPSA) is 92.5 Å². The molecule has 2 N–H and O–H groups in total. The van der Waals surface area contributed by atoms with Crippen LogP contribution in [0.2, 0.25) is 0 Å². The third kappa shape index (κ3) is 3.65. The minimum absolute atomic E-state index is 0.0534. The van der Waals surface area contributed by atoms with Crippen molar-refractivity contribution < 1.29 is 14.8 Å². The first kappa shape index (κ1) is 15.1. The first-order valence-electron chi connectivity index (χ1n) is 6.22. The van der Waals surface area contributed by atoms with Crippen LogP contribution in [0.1, 0.15) is 27.6 Å². The van der Waals surface area contributed by atoms with Gasteiger partial charge in [-0.05, 0) is 40.9 Å². The molecule has 0 spiro atoms. The van der Waals surface area contributed by atoms with Crippen molar-refractivity contribution in [3.05, 3.63) is 61.8 Å². The number of hydrogen-bond donors (Lipinski definition) is 2. The summed E-state index contributed by atoms with van der Waals surface area (Å²) in [7, 11) is 0. The summed E-state index contributed by atoms with van der Waals surface area (Å²) in [5.74, 6) is -0.364. The Hall–Kier alpha value is -2.25. The number of hydrogen-bond acceptors (Lipinski definition) is 5. The molecule has 1 atom stereocenters. The molecular formula is C14H14N2O4S. The molecule has 1 amide bonds. The molecule has 1 unspecified atom stereocenters. The molecule has 2 rings (SSSR count). The van der Waals surface area contributed by atoms with E-state index in [0.29, 0.717) is 11.1 Å². The van der Waals surface area contributed by atoms with Gasteiger partial charge in [-0.1, -0.05) is 0 Å². The molecule has 0 aliphatic carbocycles. The van der Waals surface area contributed by atoms with Gasteiger partial charge in [-0.15, -0.1) is 0 Å². The predicted octanol–water partition coefficient (Wildman–Crippen LogP) is 2.43. The van der Waals surface area contributed by atoms with Gasteiger partial charge in [0.2, 0.25) is 0 Å². The van der Waals surface area contributed by atoms with Crippen molar-refractivity contribution >= 4 is 22.9 Å². The maximum atomic E-state index is 12.0. The molecule has 0 fully saturated rings. The van der Waals surface area contributed by atoms with Crippen LogP contribution in [0.15, 0.2) is 35.0 Å². The SMILES string of the molecule is Cc1cc([N+](=O)[O-])ccc1C(=O)NCC(O)c1ccsc1. The van der Waals surface area contributed by atoms with Crippen molar-refractivity contribution in [2.45, 2.75) is 13.0 Å². The molecule has 110 valence electrons. The zero-order chi connectivity index (χ0) is 15.4. The quantitative estimate of drug-likeness (QED) is 0.655. The van der Waals surface area contributed by atoms with Crippen LogP contribution in [0.3, 0.4) is 0 Å². The first-order valence-corrected chi connectivity index (χ1v) is 7.16. The maximum Gasteiger partial charge on any atom is 0.269 e. The number of nitrogens with one attached hydrogen (secondary N) is 1. The van der Waals surface area contributed by atoms with E-state index in [2.05, 4.69) is 5.32 Å². The van der Waals surface area contributed by atoms with Crippen LogP contribution in [-0.2, 0) is 0 Å². The summed E-state index contributed by atoms with van der Waals surface area (Å²) in [6.07, 6.45) is -0.765. The number of thiophene rings is 1. The van der Waals surface area contributed by atoms with E-state index in [1.54, 1.807) is 13.0 Å². The monoisotopic (exact) mass is 306 g/mol. The molecule has 1 heterocycles. The molecule has 0 bridgehead atoms. The number of nitrogens with zero attached hydrogens (tertiary/aromatic N) is 1. The summed E-state index contributed by atoms with van der Waals surface area (Å²) in [5, 5.41) is 26.8. The third-order valence-corrected chi connectivity index (χ3v) is 3.75. The zero-order valence-electron chi connectivity index (χ0n) is 11.3. The lowest BCUT2D eigenvalue weighted by Crippen LogP contribution is -2.28. The van der Waals surface area contributed by atoms with E-state index in [1.165, 1.54) is 29.5 Å². The van der Waals surface area contributed by atoms with Crippen LogP contribution in [-0.4, -0.2) is 22.5 Å². The smallest absolute Gasteiger partial charge is 0.269 e. The van der Waals surface area contributed by atoms with Crippen LogP contribution < -0.4 is 5.32 Å². The number of aryl methyl sites for hydroxylation is 1. The number of non-ortho nitro benzene ring substituents is 1. The van der Waals surface area contributed by atoms with E-state index in [-0.39, 0.29) is 18.1 Å². The van der Waals surface area contributed by atoms with Crippen molar-refractivity contribution in [2.75, 3.05) is 6.54 Å². The summed E-state index contributed by atoms with van der Waals surface area (Å²) < 4.78 is 0. The number of nitro benzene ring substituents is 1. The van der Waals surface area contributed by atoms with E-state index in [1.807, 2.05) is 10.8 Å². The van der Waals surface area contributed by atoms with Gasteiger partial charge < -0.3 is 10.4 Å². The summed E-state index contributed by atoms with van der Waals surface area (Å²) >= 11 is 1.47. The average molecular weight is 306 g/mol. The molecular weight excluding hydrogens is 292 g/mol. The summed E-state index contributed by atoms with van der Waals surface area (Å²) in [4.78, 5) is 22.2. The van der Waals surface area contributed by atoms with Crippen molar-refractivity contribution in [2.24, 2.45) is 0 Å². The highest BCUT2D eigenvalue weighted by atomic mass is 32.1. The highest BCUT2D eigenvalue weighted by Crippen LogP contribution is 2.18. The number of benzene rings is 1. The molecule has 0 aliphatic rings. The number of amides is 1. The van der Waals surface area contributed by atoms with E-state index in [4.69, 9.17) is 0 Å². The van der Waals surface area contributed by atoms with Crippen LogP contribution in [0.5, 0.6) is 0 Å². The number of carbonyl (C=O) groups excluding carboxylic acids is 1. The van der Waals surface area contributed by atoms with E-state index in [0.717, 1.165) is 5.56 Å². The van der Waals surface area contributed by atoms with Gasteiger partial charge in [-0.25, -0.2) is 0 Å². The van der Waals surface area contributed by atoms with Crippen molar-refractivity contribution in [3.63, 3.8) is 0 Å². The van der Waals surface area contributed by atoms with E-state index in [9.17, 15) is 20.0 Å². The predicted molar refractivity (Wildman–Crippen MR) is 79.4 cm³/mol. The van der Waals surface area contributed by atoms with E-state index < -0.39 is 11.0 Å². The normalized spacial score (nSPS) is 11.9. The van der Waals surface area contributed by atoms with Gasteiger partial charge in [0.15, 0.2) is 0 Å². The van der Waals surface area contributed by atoms with Crippen molar-refractivity contribution in [1.29, 1.82) is 0 Å². The molecule has 21 heavy (non-hydrogen) atoms. The Morgan fingerprint density at radius 1 is 1.48 bits per heavy atom. The number of aliphatic hydroxyl groups is 1. The van der Waals surface area contributed by atoms with Gasteiger partial charge in [-0.2, -0.15) is 11.3 Å². The van der Waals surface area contributed by atoms with Gasteiger partial charge in [-0.3, -0.25) is 14.9 Å². The van der Waals surface area contributed by atoms with Crippen LogP contribution in [0.4, 0.5) is 5.69 Å². The Balaban J connectivity index is 2.02. The number of carbonyl (C=O) groups is 1. The minimum Gasteiger partial charge on any atom is -0.387 e. The summed E-state index contributed by atoms with van der Waals surface area (Å²) in [6, 6.07) is 5.85. The van der Waals surface area contributed by atoms with E-state index >= 15 is 0 Å². The van der Waals surface area contributed by atoms with Gasteiger partial charge in [0, 0.05) is 24.2 Å². The Bertz CT molecular complexity index is 655. The highest BCUT2D eigenvalue weighted by molar-refractivity contribution is 7.07. The molecule has 0 saturated heterocycles.